The Labute approximate surface area is 355 Å². The summed E-state index contributed by atoms with van der Waals surface area (Å²) in [5.41, 5.74) is 22.6. The molecule has 0 unspecified atom stereocenters. The molecule has 0 aromatic heterocycles. The zero-order valence-electron chi connectivity index (χ0n) is 36.8. The topological polar surface area (TPSA) is 0 Å². The van der Waals surface area contributed by atoms with Crippen LogP contribution in [0.25, 0.3) is 66.8 Å². The Morgan fingerprint density at radius 1 is 0.237 bits per heavy atom. The molecule has 0 saturated heterocycles. The Balaban J connectivity index is 0.000000692. The maximum atomic E-state index is 2.49. The number of hydrogen-bond donors (Lipinski definition) is 0. The zero-order chi connectivity index (χ0) is 42.1. The van der Waals surface area contributed by atoms with Crippen LogP contribution in [0.2, 0.25) is 0 Å². The van der Waals surface area contributed by atoms with Gasteiger partial charge in [-0.1, -0.05) is 224 Å². The standard InChI is InChI=1S/C51H36.4C2H6/c1-33-13-17-37(18-14-33)41-23-27-45-46-28-24-42(38-19-15-34(2)16-20-38)32-50(46)51(49(45)31-41)47-29-39(35-9-5-3-6-10-35)21-25-43(47)44-26-22-40(30-48(44)51)36-11-7-4-8-12-36;4*1-2/h3-32H,1-2H3;4*1-2H3. The smallest absolute Gasteiger partial charge is 0.0683 e. The summed E-state index contributed by atoms with van der Waals surface area (Å²) < 4.78 is 0. The van der Waals surface area contributed by atoms with Gasteiger partial charge in [0.05, 0.1) is 5.41 Å². The van der Waals surface area contributed by atoms with Gasteiger partial charge in [0, 0.05) is 0 Å². The molecule has 0 nitrogen and oxygen atoms in total. The van der Waals surface area contributed by atoms with Crippen molar-refractivity contribution in [3.8, 4) is 66.8 Å². The fourth-order valence-electron chi connectivity index (χ4n) is 8.70. The van der Waals surface area contributed by atoms with E-state index in [-0.39, 0.29) is 0 Å². The number of aryl methyl sites for hydroxylation is 2. The predicted molar refractivity (Wildman–Crippen MR) is 259 cm³/mol. The van der Waals surface area contributed by atoms with Gasteiger partial charge in [-0.25, -0.2) is 0 Å². The molecule has 2 aliphatic carbocycles. The molecule has 296 valence electrons. The van der Waals surface area contributed by atoms with Gasteiger partial charge in [0.25, 0.3) is 0 Å². The van der Waals surface area contributed by atoms with Crippen LogP contribution in [-0.4, -0.2) is 0 Å². The molecule has 0 saturated carbocycles. The normalized spacial score (nSPS) is 11.7. The molecule has 0 radical (unpaired) electrons. The van der Waals surface area contributed by atoms with E-state index in [4.69, 9.17) is 0 Å². The van der Waals surface area contributed by atoms with Crippen LogP contribution in [0.1, 0.15) is 88.8 Å². The van der Waals surface area contributed by atoms with Crippen molar-refractivity contribution in [2.45, 2.75) is 74.7 Å². The third kappa shape index (κ3) is 7.61. The summed E-state index contributed by atoms with van der Waals surface area (Å²) in [7, 11) is 0. The van der Waals surface area contributed by atoms with Crippen LogP contribution >= 0.6 is 0 Å². The fourth-order valence-corrected chi connectivity index (χ4v) is 8.70. The molecule has 0 bridgehead atoms. The van der Waals surface area contributed by atoms with Crippen LogP contribution in [0, 0.1) is 13.8 Å². The summed E-state index contributed by atoms with van der Waals surface area (Å²) >= 11 is 0. The molecule has 0 aliphatic heterocycles. The highest BCUT2D eigenvalue weighted by Crippen LogP contribution is 2.64. The summed E-state index contributed by atoms with van der Waals surface area (Å²) in [5.74, 6) is 0. The molecule has 0 N–H and O–H groups in total. The molecule has 0 atom stereocenters. The highest BCUT2D eigenvalue weighted by atomic mass is 14.5. The molecule has 8 aromatic rings. The van der Waals surface area contributed by atoms with Gasteiger partial charge in [-0.2, -0.15) is 0 Å². The van der Waals surface area contributed by atoms with E-state index >= 15 is 0 Å². The minimum Gasteiger partial charge on any atom is -0.0683 e. The van der Waals surface area contributed by atoms with Crippen molar-refractivity contribution >= 4 is 0 Å². The molecule has 2 aliphatic rings. The van der Waals surface area contributed by atoms with Gasteiger partial charge in [-0.05, 0) is 127 Å². The quantitative estimate of drug-likeness (QED) is 0.167. The van der Waals surface area contributed by atoms with Gasteiger partial charge in [-0.3, -0.25) is 0 Å². The van der Waals surface area contributed by atoms with E-state index < -0.39 is 5.41 Å². The Hall–Kier alpha value is -6.24. The van der Waals surface area contributed by atoms with Crippen molar-refractivity contribution in [1.29, 1.82) is 0 Å². The number of benzene rings is 8. The summed E-state index contributed by atoms with van der Waals surface area (Å²) in [6.07, 6.45) is 0. The summed E-state index contributed by atoms with van der Waals surface area (Å²) in [6.45, 7) is 20.3. The van der Waals surface area contributed by atoms with Gasteiger partial charge < -0.3 is 0 Å². The highest BCUT2D eigenvalue weighted by Gasteiger charge is 2.52. The van der Waals surface area contributed by atoms with E-state index in [2.05, 4.69) is 196 Å². The Kier molecular flexibility index (Phi) is 13.7. The average Bonchev–Trinajstić information content (AvgIpc) is 3.78. The lowest BCUT2D eigenvalue weighted by Gasteiger charge is -2.32. The van der Waals surface area contributed by atoms with Gasteiger partial charge >= 0.3 is 0 Å². The average molecular weight is 769 g/mol. The van der Waals surface area contributed by atoms with Crippen LogP contribution < -0.4 is 0 Å². The Morgan fingerprint density at radius 3 is 0.712 bits per heavy atom. The minimum absolute atomic E-state index is 0.508. The number of hydrogen-bond acceptors (Lipinski definition) is 0. The van der Waals surface area contributed by atoms with E-state index in [0.717, 1.165) is 0 Å². The first-order valence-electron chi connectivity index (χ1n) is 21.9. The van der Waals surface area contributed by atoms with Crippen LogP contribution in [0.3, 0.4) is 0 Å². The number of fused-ring (bicyclic) bond motifs is 10. The highest BCUT2D eigenvalue weighted by molar-refractivity contribution is 5.98. The molecule has 0 heteroatoms. The third-order valence-corrected chi connectivity index (χ3v) is 11.3. The van der Waals surface area contributed by atoms with E-state index in [1.807, 2.05) is 55.4 Å². The predicted octanol–water partition coefficient (Wildman–Crippen LogP) is 17.4. The molecule has 1 spiro atoms. The number of rotatable bonds is 4. The molecule has 0 heterocycles. The molecular weight excluding hydrogens is 709 g/mol. The zero-order valence-corrected chi connectivity index (χ0v) is 36.8. The van der Waals surface area contributed by atoms with Gasteiger partial charge in [0.1, 0.15) is 0 Å². The third-order valence-electron chi connectivity index (χ3n) is 11.3. The minimum atomic E-state index is -0.508. The Bertz CT molecular complexity index is 2420. The van der Waals surface area contributed by atoms with Crippen molar-refractivity contribution in [3.63, 3.8) is 0 Å². The van der Waals surface area contributed by atoms with Crippen LogP contribution in [0.4, 0.5) is 0 Å². The molecule has 10 rings (SSSR count). The largest absolute Gasteiger partial charge is 0.0726 e. The molecule has 8 aromatic carbocycles. The first-order valence-corrected chi connectivity index (χ1v) is 21.9. The van der Waals surface area contributed by atoms with Crippen molar-refractivity contribution in [1.82, 2.24) is 0 Å². The van der Waals surface area contributed by atoms with Gasteiger partial charge in [0.15, 0.2) is 0 Å². The molecule has 0 amide bonds. The summed E-state index contributed by atoms with van der Waals surface area (Å²) in [4.78, 5) is 0. The maximum Gasteiger partial charge on any atom is 0.0726 e. The lowest BCUT2D eigenvalue weighted by molar-refractivity contribution is 0.795. The second-order valence-electron chi connectivity index (χ2n) is 14.3. The van der Waals surface area contributed by atoms with Crippen molar-refractivity contribution in [3.05, 3.63) is 215 Å². The molecular formula is C59H60. The Morgan fingerprint density at radius 2 is 0.458 bits per heavy atom. The lowest BCUT2D eigenvalue weighted by atomic mass is 9.69. The maximum absolute atomic E-state index is 2.49. The van der Waals surface area contributed by atoms with E-state index in [1.54, 1.807) is 0 Å². The molecule has 0 fully saturated rings. The first kappa shape index (κ1) is 42.4. The van der Waals surface area contributed by atoms with Crippen LogP contribution in [0.15, 0.2) is 182 Å². The second kappa shape index (κ2) is 19.0. The lowest BCUT2D eigenvalue weighted by Crippen LogP contribution is -2.26. The SMILES string of the molecule is CC.CC.CC.CC.Cc1ccc(-c2ccc3c(c2)C2(c4cc(-c5ccccc5)ccc4-c4ccc(-c5ccccc5)cc42)c2cc(-c4ccc(C)cc4)ccc2-3)cc1. The summed E-state index contributed by atoms with van der Waals surface area (Å²) in [6, 6.07) is 68.3. The monoisotopic (exact) mass is 768 g/mol. The second-order valence-corrected chi connectivity index (χ2v) is 14.3. The van der Waals surface area contributed by atoms with E-state index in [9.17, 15) is 0 Å². The summed E-state index contributed by atoms with van der Waals surface area (Å²) in [5, 5.41) is 0. The van der Waals surface area contributed by atoms with Gasteiger partial charge in [-0.15, -0.1) is 0 Å². The van der Waals surface area contributed by atoms with Gasteiger partial charge in [0.2, 0.25) is 0 Å². The van der Waals surface area contributed by atoms with Crippen molar-refractivity contribution in [2.24, 2.45) is 0 Å². The van der Waals surface area contributed by atoms with E-state index in [0.29, 0.717) is 0 Å². The fraction of sp³-hybridized carbons (Fsp3) is 0.186. The molecule has 59 heavy (non-hydrogen) atoms. The van der Waals surface area contributed by atoms with Crippen molar-refractivity contribution in [2.75, 3.05) is 0 Å². The van der Waals surface area contributed by atoms with Crippen LogP contribution in [-0.2, 0) is 5.41 Å². The van der Waals surface area contributed by atoms with E-state index in [1.165, 1.54) is 100 Å². The van der Waals surface area contributed by atoms with Crippen LogP contribution in [0.5, 0.6) is 0 Å². The first-order chi connectivity index (χ1) is 29.1. The van der Waals surface area contributed by atoms with Crippen molar-refractivity contribution < 1.29 is 0 Å².